The van der Waals surface area contributed by atoms with Crippen molar-refractivity contribution in [3.05, 3.63) is 70.2 Å². The van der Waals surface area contributed by atoms with E-state index in [9.17, 15) is 0 Å². The van der Waals surface area contributed by atoms with Crippen LogP contribution in [0.1, 0.15) is 24.0 Å². The molecule has 0 bridgehead atoms. The summed E-state index contributed by atoms with van der Waals surface area (Å²) in [4.78, 5) is 0. The molecule has 0 saturated carbocycles. The smallest absolute Gasteiger partial charge is 0.0175 e. The fourth-order valence-electron chi connectivity index (χ4n) is 3.31. The van der Waals surface area contributed by atoms with Crippen LogP contribution < -0.4 is 0 Å². The van der Waals surface area contributed by atoms with E-state index < -0.39 is 0 Å². The van der Waals surface area contributed by atoms with Gasteiger partial charge in [-0.1, -0.05) is 52.3 Å². The molecule has 3 aromatic rings. The van der Waals surface area contributed by atoms with E-state index in [0.717, 1.165) is 4.47 Å². The van der Waals surface area contributed by atoms with Gasteiger partial charge in [-0.3, -0.25) is 0 Å². The minimum Gasteiger partial charge on any atom is -0.0538 e. The molecule has 1 aliphatic rings. The van der Waals surface area contributed by atoms with Crippen LogP contribution in [0, 0.1) is 0 Å². The van der Waals surface area contributed by atoms with Gasteiger partial charge in [0.15, 0.2) is 0 Å². The summed E-state index contributed by atoms with van der Waals surface area (Å²) in [6.07, 6.45) is 5.17. The Morgan fingerprint density at radius 2 is 1.24 bits per heavy atom. The van der Waals surface area contributed by atoms with Gasteiger partial charge in [0.05, 0.1) is 0 Å². The third kappa shape index (κ3) is 2.51. The number of benzene rings is 3. The summed E-state index contributed by atoms with van der Waals surface area (Å²) < 4.78 is 1.13. The van der Waals surface area contributed by atoms with Crippen LogP contribution in [0.25, 0.3) is 21.9 Å². The highest BCUT2D eigenvalue weighted by Gasteiger charge is 2.10. The van der Waals surface area contributed by atoms with E-state index >= 15 is 0 Å². The van der Waals surface area contributed by atoms with Crippen LogP contribution in [0.5, 0.6) is 0 Å². The van der Waals surface area contributed by atoms with E-state index in [2.05, 4.69) is 70.5 Å². The first-order chi connectivity index (χ1) is 10.3. The van der Waals surface area contributed by atoms with Gasteiger partial charge in [0.1, 0.15) is 0 Å². The summed E-state index contributed by atoms with van der Waals surface area (Å²) in [7, 11) is 0. The number of halogens is 1. The predicted octanol–water partition coefficient (Wildman–Crippen LogP) is 6.15. The number of hydrogen-bond acceptors (Lipinski definition) is 0. The topological polar surface area (TPSA) is 0 Å². The molecule has 21 heavy (non-hydrogen) atoms. The molecule has 0 spiro atoms. The van der Waals surface area contributed by atoms with Crippen molar-refractivity contribution in [2.24, 2.45) is 0 Å². The molecule has 0 aromatic heterocycles. The number of rotatable bonds is 1. The zero-order valence-corrected chi connectivity index (χ0v) is 13.5. The zero-order chi connectivity index (χ0) is 14.2. The lowest BCUT2D eigenvalue weighted by Crippen LogP contribution is -2.02. The maximum absolute atomic E-state index is 3.50. The molecule has 0 atom stereocenters. The van der Waals surface area contributed by atoms with Crippen molar-refractivity contribution >= 4 is 26.7 Å². The molecule has 0 amide bonds. The average Bonchev–Trinajstić information content (AvgIpc) is 2.53. The number of hydrogen-bond donors (Lipinski definition) is 0. The van der Waals surface area contributed by atoms with E-state index in [-0.39, 0.29) is 0 Å². The monoisotopic (exact) mass is 336 g/mol. The Labute approximate surface area is 133 Å². The molecule has 0 fully saturated rings. The van der Waals surface area contributed by atoms with Crippen molar-refractivity contribution in [1.29, 1.82) is 0 Å². The SMILES string of the molecule is Brc1ccc(-c2ccc3cc4c(cc3c2)CCCC4)cc1. The summed E-state index contributed by atoms with van der Waals surface area (Å²) in [5.41, 5.74) is 5.69. The first-order valence-corrected chi connectivity index (χ1v) is 8.40. The maximum Gasteiger partial charge on any atom is 0.0175 e. The minimum absolute atomic E-state index is 1.13. The van der Waals surface area contributed by atoms with Crippen molar-refractivity contribution in [2.45, 2.75) is 25.7 Å². The highest BCUT2D eigenvalue weighted by Crippen LogP contribution is 2.30. The van der Waals surface area contributed by atoms with Gasteiger partial charge < -0.3 is 0 Å². The molecule has 0 N–H and O–H groups in total. The zero-order valence-electron chi connectivity index (χ0n) is 11.9. The summed E-state index contributed by atoms with van der Waals surface area (Å²) >= 11 is 3.50. The molecule has 1 aliphatic carbocycles. The molecule has 104 valence electrons. The second kappa shape index (κ2) is 5.31. The van der Waals surface area contributed by atoms with Crippen LogP contribution in [0.4, 0.5) is 0 Å². The Balaban J connectivity index is 1.83. The van der Waals surface area contributed by atoms with Crippen LogP contribution >= 0.6 is 15.9 Å². The number of fused-ring (bicyclic) bond motifs is 2. The van der Waals surface area contributed by atoms with E-state index in [1.54, 1.807) is 11.1 Å². The second-order valence-electron chi connectivity index (χ2n) is 5.90. The molecule has 0 saturated heterocycles. The van der Waals surface area contributed by atoms with Crippen LogP contribution in [0.3, 0.4) is 0 Å². The highest BCUT2D eigenvalue weighted by molar-refractivity contribution is 9.10. The van der Waals surface area contributed by atoms with E-state index in [1.807, 2.05) is 0 Å². The van der Waals surface area contributed by atoms with Crippen molar-refractivity contribution in [1.82, 2.24) is 0 Å². The Hall–Kier alpha value is -1.60. The summed E-state index contributed by atoms with van der Waals surface area (Å²) in [6.45, 7) is 0. The first-order valence-electron chi connectivity index (χ1n) is 7.61. The van der Waals surface area contributed by atoms with Gasteiger partial charge in [-0.15, -0.1) is 0 Å². The molecule has 0 unspecified atom stereocenters. The first kappa shape index (κ1) is 13.1. The summed E-state index contributed by atoms with van der Waals surface area (Å²) in [5, 5.41) is 2.74. The second-order valence-corrected chi connectivity index (χ2v) is 6.81. The largest absolute Gasteiger partial charge is 0.0538 e. The molecule has 0 heterocycles. The van der Waals surface area contributed by atoms with Gasteiger partial charge in [0.25, 0.3) is 0 Å². The van der Waals surface area contributed by atoms with Crippen LogP contribution in [-0.2, 0) is 12.8 Å². The van der Waals surface area contributed by atoms with Crippen LogP contribution in [-0.4, -0.2) is 0 Å². The standard InChI is InChI=1S/C20H17Br/c21-20-9-7-14(8-10-20)17-5-6-18-11-15-3-1-2-4-16(15)12-19(18)13-17/h5-13H,1-4H2. The predicted molar refractivity (Wildman–Crippen MR) is 93.7 cm³/mol. The van der Waals surface area contributed by atoms with E-state index in [1.165, 1.54) is 47.6 Å². The Kier molecular flexibility index (Phi) is 3.31. The van der Waals surface area contributed by atoms with Gasteiger partial charge in [0, 0.05) is 4.47 Å². The lowest BCUT2D eigenvalue weighted by molar-refractivity contribution is 0.687. The number of aryl methyl sites for hydroxylation is 2. The van der Waals surface area contributed by atoms with Crippen LogP contribution in [0.2, 0.25) is 0 Å². The summed E-state index contributed by atoms with van der Waals surface area (Å²) in [5.74, 6) is 0. The molecule has 4 rings (SSSR count). The van der Waals surface area contributed by atoms with Gasteiger partial charge in [-0.05, 0) is 76.9 Å². The van der Waals surface area contributed by atoms with Crippen molar-refractivity contribution in [3.63, 3.8) is 0 Å². The molecular weight excluding hydrogens is 320 g/mol. The van der Waals surface area contributed by atoms with Crippen molar-refractivity contribution in [3.8, 4) is 11.1 Å². The lowest BCUT2D eigenvalue weighted by atomic mass is 9.88. The van der Waals surface area contributed by atoms with Crippen LogP contribution in [0.15, 0.2) is 59.1 Å². The Morgan fingerprint density at radius 1 is 0.619 bits per heavy atom. The van der Waals surface area contributed by atoms with Gasteiger partial charge in [-0.2, -0.15) is 0 Å². The molecule has 0 radical (unpaired) electrons. The lowest BCUT2D eigenvalue weighted by Gasteiger charge is -2.17. The quantitative estimate of drug-likeness (QED) is 0.500. The van der Waals surface area contributed by atoms with Gasteiger partial charge in [0.2, 0.25) is 0 Å². The van der Waals surface area contributed by atoms with Crippen molar-refractivity contribution in [2.75, 3.05) is 0 Å². The average molecular weight is 337 g/mol. The van der Waals surface area contributed by atoms with Crippen molar-refractivity contribution < 1.29 is 0 Å². The van der Waals surface area contributed by atoms with Gasteiger partial charge in [-0.25, -0.2) is 0 Å². The molecular formula is C20H17Br. The fourth-order valence-corrected chi connectivity index (χ4v) is 3.57. The normalized spacial score (nSPS) is 14.1. The third-order valence-electron chi connectivity index (χ3n) is 4.48. The fraction of sp³-hybridized carbons (Fsp3) is 0.200. The maximum atomic E-state index is 3.50. The molecule has 0 nitrogen and oxygen atoms in total. The van der Waals surface area contributed by atoms with E-state index in [4.69, 9.17) is 0 Å². The Bertz CT molecular complexity index is 800. The third-order valence-corrected chi connectivity index (χ3v) is 5.01. The highest BCUT2D eigenvalue weighted by atomic mass is 79.9. The molecule has 0 aliphatic heterocycles. The molecule has 1 heteroatoms. The summed E-state index contributed by atoms with van der Waals surface area (Å²) in [6, 6.07) is 20.2. The molecule has 3 aromatic carbocycles. The van der Waals surface area contributed by atoms with E-state index in [0.29, 0.717) is 0 Å². The Morgan fingerprint density at radius 3 is 1.95 bits per heavy atom. The minimum atomic E-state index is 1.13. The van der Waals surface area contributed by atoms with Gasteiger partial charge >= 0.3 is 0 Å².